The zero-order valence-corrected chi connectivity index (χ0v) is 19.1. The lowest BCUT2D eigenvalue weighted by Gasteiger charge is -2.15. The Morgan fingerprint density at radius 2 is 0.684 bits per heavy atom. The van der Waals surface area contributed by atoms with Crippen LogP contribution in [-0.4, -0.2) is 0 Å². The molecule has 0 atom stereocenters. The summed E-state index contributed by atoms with van der Waals surface area (Å²) in [5.74, 6) is 0. The van der Waals surface area contributed by atoms with Crippen molar-refractivity contribution in [2.24, 2.45) is 0 Å². The lowest BCUT2D eigenvalue weighted by molar-refractivity contribution is 1.64. The molecule has 9 aromatic rings. The van der Waals surface area contributed by atoms with Crippen LogP contribution in [0.2, 0.25) is 0 Å². The van der Waals surface area contributed by atoms with E-state index < -0.39 is 142 Å². The Morgan fingerprint density at radius 1 is 0.316 bits per heavy atom. The van der Waals surface area contributed by atoms with E-state index in [0.717, 1.165) is 6.07 Å². The average molecular weight is 500 g/mol. The fourth-order valence-corrected chi connectivity index (χ4v) is 5.12. The van der Waals surface area contributed by atoms with Crippen LogP contribution in [0.5, 0.6) is 0 Å². The quantitative estimate of drug-likeness (QED) is 0.207. The monoisotopic (exact) mass is 499 g/mol. The molecule has 0 aliphatic carbocycles. The van der Waals surface area contributed by atoms with Crippen molar-refractivity contribution < 1.29 is 28.8 Å². The molecule has 0 saturated heterocycles. The van der Waals surface area contributed by atoms with Crippen molar-refractivity contribution in [1.82, 2.24) is 0 Å². The number of rotatable bonds is 2. The minimum atomic E-state index is -0.899. The number of hydrogen-bond acceptors (Lipinski definition) is 0. The zero-order valence-electron chi connectivity index (χ0n) is 40.1. The fourth-order valence-electron chi connectivity index (χ4n) is 5.12. The average Bonchev–Trinajstić information content (AvgIpc) is 3.18. The van der Waals surface area contributed by atoms with Crippen LogP contribution < -0.4 is 0 Å². The standard InChI is InChI=1S/C38H22/c1-3-25-11-13-29-15-19-31(33-21-17-27(5-1)35(25)37(29)33)23-7-9-24(10-8-23)32-20-16-30-14-12-26-4-2-6-28-18-22-34(32)38(30)36(26)28/h1-22H/i1D,3D,4D,5D,6D,7D,8D,9D,10D,11D,12D,13D,14D,15D,16D,17D,18D,19D,20D,21D,22D. The van der Waals surface area contributed by atoms with Gasteiger partial charge in [-0.05, 0) is 86.9 Å². The minimum Gasteiger partial charge on any atom is -0.0610 e. The van der Waals surface area contributed by atoms with Crippen LogP contribution in [0, 0.1) is 0 Å². The van der Waals surface area contributed by atoms with Gasteiger partial charge in [-0.2, -0.15) is 0 Å². The van der Waals surface area contributed by atoms with Crippen LogP contribution in [0.4, 0.5) is 0 Å². The Bertz CT molecular complexity index is 3420. The van der Waals surface area contributed by atoms with Crippen molar-refractivity contribution in [2.75, 3.05) is 0 Å². The van der Waals surface area contributed by atoms with Gasteiger partial charge in [0.05, 0.1) is 28.8 Å². The Kier molecular flexibility index (Phi) is 1.70. The maximum Gasteiger partial charge on any atom is 0.0630 e. The third-order valence-corrected chi connectivity index (χ3v) is 6.81. The molecule has 0 bridgehead atoms. The van der Waals surface area contributed by atoms with E-state index >= 15 is 0 Å². The third-order valence-electron chi connectivity index (χ3n) is 6.81. The number of hydrogen-bond donors (Lipinski definition) is 0. The van der Waals surface area contributed by atoms with E-state index in [1.54, 1.807) is 0 Å². The molecule has 0 N–H and O–H groups in total. The van der Waals surface area contributed by atoms with Crippen molar-refractivity contribution in [1.29, 1.82) is 0 Å². The molecule has 174 valence electrons. The molecule has 0 unspecified atom stereocenters. The van der Waals surface area contributed by atoms with Crippen molar-refractivity contribution in [2.45, 2.75) is 0 Å². The van der Waals surface area contributed by atoms with Gasteiger partial charge in [-0.25, -0.2) is 0 Å². The minimum absolute atomic E-state index is 0.0884. The number of benzene rings is 9. The maximum atomic E-state index is 9.32. The normalized spacial score (nSPS) is 19.9. The van der Waals surface area contributed by atoms with E-state index in [9.17, 15) is 5.48 Å². The van der Waals surface area contributed by atoms with E-state index in [1.165, 1.54) is 0 Å². The molecule has 9 rings (SSSR count). The summed E-state index contributed by atoms with van der Waals surface area (Å²) in [4.78, 5) is 0. The highest BCUT2D eigenvalue weighted by Gasteiger charge is 2.14. The molecule has 0 fully saturated rings. The summed E-state index contributed by atoms with van der Waals surface area (Å²) in [7, 11) is 0. The summed E-state index contributed by atoms with van der Waals surface area (Å²) < 4.78 is 187. The highest BCUT2D eigenvalue weighted by atomic mass is 14.2. The fraction of sp³-hybridized carbons (Fsp3) is 0. The Morgan fingerprint density at radius 3 is 1.16 bits per heavy atom. The van der Waals surface area contributed by atoms with Crippen LogP contribution in [0.3, 0.4) is 0 Å². The van der Waals surface area contributed by atoms with Crippen molar-refractivity contribution in [3.63, 3.8) is 0 Å². The first-order valence-corrected chi connectivity index (χ1v) is 11.6. The molecular weight excluding hydrogens is 456 g/mol. The Labute approximate surface area is 249 Å². The second-order valence-corrected chi connectivity index (χ2v) is 8.81. The molecule has 0 aliphatic heterocycles. The van der Waals surface area contributed by atoms with E-state index in [2.05, 4.69) is 0 Å². The molecule has 0 aromatic heterocycles. The van der Waals surface area contributed by atoms with E-state index in [4.69, 9.17) is 23.3 Å². The van der Waals surface area contributed by atoms with Crippen molar-refractivity contribution in [3.8, 4) is 22.3 Å². The molecule has 0 amide bonds. The summed E-state index contributed by atoms with van der Waals surface area (Å²) in [6.07, 6.45) is 0. The van der Waals surface area contributed by atoms with E-state index in [0.29, 0.717) is 0 Å². The lowest BCUT2D eigenvalue weighted by Crippen LogP contribution is -1.88. The predicted molar refractivity (Wildman–Crippen MR) is 165 cm³/mol. The highest BCUT2D eigenvalue weighted by molar-refractivity contribution is 6.26. The molecule has 0 saturated carbocycles. The summed E-state index contributed by atoms with van der Waals surface area (Å²) in [5.41, 5.74) is -2.37. The van der Waals surface area contributed by atoms with Crippen molar-refractivity contribution >= 4 is 64.6 Å². The largest absolute Gasteiger partial charge is 0.0630 e. The molecule has 38 heavy (non-hydrogen) atoms. The Balaban J connectivity index is 1.49. The van der Waals surface area contributed by atoms with Crippen molar-refractivity contribution in [3.05, 3.63) is 133 Å². The first-order valence-electron chi connectivity index (χ1n) is 22.1. The maximum absolute atomic E-state index is 9.32. The molecule has 0 heterocycles. The predicted octanol–water partition coefficient (Wildman–Crippen LogP) is 10.8. The summed E-state index contributed by atoms with van der Waals surface area (Å²) in [6.45, 7) is 0. The Hall–Kier alpha value is -4.94. The molecule has 0 heteroatoms. The summed E-state index contributed by atoms with van der Waals surface area (Å²) >= 11 is 0. The first-order chi connectivity index (χ1) is 27.6. The molecular formula is C38H22. The van der Waals surface area contributed by atoms with Crippen LogP contribution in [0.15, 0.2) is 133 Å². The topological polar surface area (TPSA) is 0 Å². The van der Waals surface area contributed by atoms with Crippen LogP contribution >= 0.6 is 0 Å². The summed E-state index contributed by atoms with van der Waals surface area (Å²) in [5, 5.41) is -3.11. The molecule has 0 nitrogen and oxygen atoms in total. The van der Waals surface area contributed by atoms with Crippen LogP contribution in [-0.2, 0) is 0 Å². The molecule has 0 radical (unpaired) electrons. The van der Waals surface area contributed by atoms with Crippen LogP contribution in [0.1, 0.15) is 28.8 Å². The van der Waals surface area contributed by atoms with Gasteiger partial charge in [0.1, 0.15) is 0 Å². The SMILES string of the molecule is [2H]c1c([2H])c(-c2c([2H])c([2H])c3c([2H])c([2H])c4c([2H])c([2H])c([2H])c5c([2H])c([2H])c2c3c45)c([2H])c([2H])c1-c1c([2H])c([2H])c2c([2H])c([2H])c3c([2H])cc([2H])c4c([2H])c([2H])c1c2c34. The third kappa shape index (κ3) is 2.64. The van der Waals surface area contributed by atoms with Gasteiger partial charge in [-0.15, -0.1) is 0 Å². The summed E-state index contributed by atoms with van der Waals surface area (Å²) in [6, 6.07) is -13.3. The highest BCUT2D eigenvalue weighted by Crippen LogP contribution is 2.41. The van der Waals surface area contributed by atoms with Gasteiger partial charge in [-0.3, -0.25) is 0 Å². The molecule has 0 spiro atoms. The zero-order chi connectivity index (χ0) is 43.1. The van der Waals surface area contributed by atoms with Gasteiger partial charge < -0.3 is 0 Å². The van der Waals surface area contributed by atoms with Gasteiger partial charge in [0.15, 0.2) is 0 Å². The second kappa shape index (κ2) is 7.31. The van der Waals surface area contributed by atoms with E-state index in [-0.39, 0.29) is 71.3 Å². The van der Waals surface area contributed by atoms with Gasteiger partial charge >= 0.3 is 0 Å². The van der Waals surface area contributed by atoms with Gasteiger partial charge in [0.25, 0.3) is 0 Å². The molecule has 9 aromatic carbocycles. The first kappa shape index (κ1) is 8.82. The second-order valence-electron chi connectivity index (χ2n) is 8.81. The molecule has 0 aliphatic rings. The van der Waals surface area contributed by atoms with Crippen LogP contribution in [0.25, 0.3) is 86.9 Å². The smallest absolute Gasteiger partial charge is 0.0610 e. The lowest BCUT2D eigenvalue weighted by atomic mass is 9.88. The van der Waals surface area contributed by atoms with Gasteiger partial charge in [-0.1, -0.05) is 133 Å². The van der Waals surface area contributed by atoms with E-state index in [1.807, 2.05) is 0 Å². The van der Waals surface area contributed by atoms with Gasteiger partial charge in [0.2, 0.25) is 0 Å². The van der Waals surface area contributed by atoms with Gasteiger partial charge in [0, 0.05) is 0 Å².